The van der Waals surface area contributed by atoms with Crippen LogP contribution in [0.15, 0.2) is 42.5 Å². The molecule has 3 aliphatic rings. The fourth-order valence-corrected chi connectivity index (χ4v) is 5.79. The molecule has 182 valence electrons. The maximum atomic E-state index is 13.3. The summed E-state index contributed by atoms with van der Waals surface area (Å²) in [5.74, 6) is 2.30. The Morgan fingerprint density at radius 3 is 2.44 bits per heavy atom. The molecule has 5 rings (SSSR count). The molecule has 0 aromatic heterocycles. The molecule has 0 radical (unpaired) electrons. The second-order valence-electron chi connectivity index (χ2n) is 10.2. The van der Waals surface area contributed by atoms with Crippen LogP contribution in [0.4, 0.5) is 0 Å². The molecular formula is C29H37NO4. The van der Waals surface area contributed by atoms with Gasteiger partial charge in [0.05, 0.1) is 13.2 Å². The van der Waals surface area contributed by atoms with Gasteiger partial charge in [-0.2, -0.15) is 0 Å². The zero-order valence-electron chi connectivity index (χ0n) is 20.3. The highest BCUT2D eigenvalue weighted by molar-refractivity contribution is 5.76. The van der Waals surface area contributed by atoms with E-state index in [1.165, 1.54) is 36.8 Å². The third-order valence-electron chi connectivity index (χ3n) is 7.65. The van der Waals surface area contributed by atoms with E-state index in [0.717, 1.165) is 49.4 Å². The fourth-order valence-electron chi connectivity index (χ4n) is 5.79. The van der Waals surface area contributed by atoms with Crippen LogP contribution in [0, 0.1) is 5.92 Å². The monoisotopic (exact) mass is 463 g/mol. The SMILES string of the molecule is COc1cc(CN(C[C@@H]2CCCO2)C(=O)CC2CCCC2)ccc1OC1Cc2ccccc2C1. The molecule has 2 aromatic carbocycles. The van der Waals surface area contributed by atoms with Crippen LogP contribution in [0.2, 0.25) is 0 Å². The summed E-state index contributed by atoms with van der Waals surface area (Å²) in [6, 6.07) is 14.7. The number of hydrogen-bond acceptors (Lipinski definition) is 4. The van der Waals surface area contributed by atoms with Crippen molar-refractivity contribution in [2.75, 3.05) is 20.3 Å². The molecule has 1 saturated carbocycles. The number of amides is 1. The number of fused-ring (bicyclic) bond motifs is 1. The molecule has 2 aromatic rings. The van der Waals surface area contributed by atoms with Crippen molar-refractivity contribution >= 4 is 5.91 Å². The van der Waals surface area contributed by atoms with Gasteiger partial charge in [-0.05, 0) is 60.4 Å². The lowest BCUT2D eigenvalue weighted by Crippen LogP contribution is -2.37. The second kappa shape index (κ2) is 10.8. The van der Waals surface area contributed by atoms with Crippen molar-refractivity contribution < 1.29 is 19.0 Å². The molecule has 1 amide bonds. The first-order valence-electron chi connectivity index (χ1n) is 13.0. The Hall–Kier alpha value is -2.53. The van der Waals surface area contributed by atoms with Gasteiger partial charge in [0, 0.05) is 39.0 Å². The van der Waals surface area contributed by atoms with E-state index in [-0.39, 0.29) is 18.1 Å². The van der Waals surface area contributed by atoms with Crippen molar-refractivity contribution in [3.05, 3.63) is 59.2 Å². The van der Waals surface area contributed by atoms with Crippen LogP contribution in [-0.4, -0.2) is 43.3 Å². The van der Waals surface area contributed by atoms with Crippen LogP contribution in [0.5, 0.6) is 11.5 Å². The van der Waals surface area contributed by atoms with Crippen LogP contribution in [0.25, 0.3) is 0 Å². The molecule has 5 nitrogen and oxygen atoms in total. The Morgan fingerprint density at radius 1 is 1.00 bits per heavy atom. The molecule has 1 atom stereocenters. The minimum atomic E-state index is 0.126. The van der Waals surface area contributed by atoms with Gasteiger partial charge in [-0.3, -0.25) is 4.79 Å². The summed E-state index contributed by atoms with van der Waals surface area (Å²) in [6.45, 7) is 2.06. The number of rotatable bonds is 9. The Kier molecular flexibility index (Phi) is 7.39. The lowest BCUT2D eigenvalue weighted by Gasteiger charge is -2.27. The highest BCUT2D eigenvalue weighted by Crippen LogP contribution is 2.33. The van der Waals surface area contributed by atoms with Crippen molar-refractivity contribution in [3.63, 3.8) is 0 Å². The molecule has 5 heteroatoms. The normalized spacial score (nSPS) is 20.4. The van der Waals surface area contributed by atoms with Crippen LogP contribution in [0.3, 0.4) is 0 Å². The molecule has 1 heterocycles. The van der Waals surface area contributed by atoms with Crippen LogP contribution in [-0.2, 0) is 28.9 Å². The lowest BCUT2D eigenvalue weighted by atomic mass is 10.0. The quantitative estimate of drug-likeness (QED) is 0.504. The van der Waals surface area contributed by atoms with E-state index in [1.54, 1.807) is 7.11 Å². The average Bonchev–Trinajstić information content (AvgIpc) is 3.61. The zero-order chi connectivity index (χ0) is 23.3. The minimum absolute atomic E-state index is 0.126. The highest BCUT2D eigenvalue weighted by atomic mass is 16.5. The largest absolute Gasteiger partial charge is 0.493 e. The molecular weight excluding hydrogens is 426 g/mol. The first-order chi connectivity index (χ1) is 16.7. The van der Waals surface area contributed by atoms with E-state index in [4.69, 9.17) is 14.2 Å². The molecule has 0 N–H and O–H groups in total. The molecule has 0 unspecified atom stereocenters. The topological polar surface area (TPSA) is 48.0 Å². The first kappa shape index (κ1) is 23.2. The number of benzene rings is 2. The van der Waals surface area contributed by atoms with Gasteiger partial charge in [0.1, 0.15) is 6.10 Å². The van der Waals surface area contributed by atoms with Gasteiger partial charge in [0.15, 0.2) is 11.5 Å². The lowest BCUT2D eigenvalue weighted by molar-refractivity contribution is -0.134. The number of carbonyl (C=O) groups excluding carboxylic acids is 1. The van der Waals surface area contributed by atoms with Crippen molar-refractivity contribution in [2.45, 2.75) is 76.5 Å². The van der Waals surface area contributed by atoms with Gasteiger partial charge >= 0.3 is 0 Å². The standard InChI is InChI=1S/C29H37NO4/c1-32-28-15-22(12-13-27(28)34-26-17-23-9-4-5-10-24(23)18-26)19-30(20-25-11-6-14-33-25)29(31)16-21-7-2-3-8-21/h4-5,9-10,12-13,15,21,25-26H,2-3,6-8,11,14,16-20H2,1H3/t25-/m0/s1. The van der Waals surface area contributed by atoms with E-state index in [0.29, 0.717) is 25.4 Å². The van der Waals surface area contributed by atoms with E-state index in [1.807, 2.05) is 17.0 Å². The molecule has 2 aliphatic carbocycles. The third-order valence-corrected chi connectivity index (χ3v) is 7.65. The van der Waals surface area contributed by atoms with E-state index in [2.05, 4.69) is 30.3 Å². The number of carbonyl (C=O) groups is 1. The highest BCUT2D eigenvalue weighted by Gasteiger charge is 2.27. The van der Waals surface area contributed by atoms with Gasteiger partial charge in [-0.15, -0.1) is 0 Å². The molecule has 0 bridgehead atoms. The maximum absolute atomic E-state index is 13.3. The fraction of sp³-hybridized carbons (Fsp3) is 0.552. The Morgan fingerprint density at radius 2 is 1.76 bits per heavy atom. The minimum Gasteiger partial charge on any atom is -0.493 e. The van der Waals surface area contributed by atoms with Gasteiger partial charge < -0.3 is 19.1 Å². The summed E-state index contributed by atoms with van der Waals surface area (Å²) < 4.78 is 17.9. The molecule has 1 aliphatic heterocycles. The van der Waals surface area contributed by atoms with Crippen LogP contribution < -0.4 is 9.47 Å². The van der Waals surface area contributed by atoms with Crippen molar-refractivity contribution in [1.29, 1.82) is 0 Å². The van der Waals surface area contributed by atoms with E-state index >= 15 is 0 Å². The van der Waals surface area contributed by atoms with Gasteiger partial charge in [-0.25, -0.2) is 0 Å². The molecule has 2 fully saturated rings. The predicted molar refractivity (Wildman–Crippen MR) is 132 cm³/mol. The molecule has 34 heavy (non-hydrogen) atoms. The van der Waals surface area contributed by atoms with E-state index in [9.17, 15) is 4.79 Å². The molecule has 0 spiro atoms. The zero-order valence-corrected chi connectivity index (χ0v) is 20.3. The Balaban J connectivity index is 1.26. The number of ether oxygens (including phenoxy) is 3. The number of nitrogens with zero attached hydrogens (tertiary/aromatic N) is 1. The third kappa shape index (κ3) is 5.57. The van der Waals surface area contributed by atoms with Crippen LogP contribution in [0.1, 0.15) is 61.6 Å². The Bertz CT molecular complexity index is 953. The summed E-state index contributed by atoms with van der Waals surface area (Å²) in [6.07, 6.45) is 9.79. The first-order valence-corrected chi connectivity index (χ1v) is 13.0. The second-order valence-corrected chi connectivity index (χ2v) is 10.2. The van der Waals surface area contributed by atoms with Gasteiger partial charge in [0.2, 0.25) is 5.91 Å². The van der Waals surface area contributed by atoms with Crippen LogP contribution >= 0.6 is 0 Å². The predicted octanol–water partition coefficient (Wildman–Crippen LogP) is 5.33. The van der Waals surface area contributed by atoms with Gasteiger partial charge in [0.25, 0.3) is 0 Å². The van der Waals surface area contributed by atoms with Gasteiger partial charge in [-0.1, -0.05) is 43.2 Å². The van der Waals surface area contributed by atoms with Crippen molar-refractivity contribution in [1.82, 2.24) is 4.90 Å². The summed E-state index contributed by atoms with van der Waals surface area (Å²) in [5.41, 5.74) is 3.80. The smallest absolute Gasteiger partial charge is 0.223 e. The summed E-state index contributed by atoms with van der Waals surface area (Å²) in [5, 5.41) is 0. The number of hydrogen-bond donors (Lipinski definition) is 0. The van der Waals surface area contributed by atoms with Crippen molar-refractivity contribution in [3.8, 4) is 11.5 Å². The molecule has 1 saturated heterocycles. The Labute approximate surface area is 203 Å². The van der Waals surface area contributed by atoms with E-state index < -0.39 is 0 Å². The summed E-state index contributed by atoms with van der Waals surface area (Å²) >= 11 is 0. The average molecular weight is 464 g/mol. The van der Waals surface area contributed by atoms with Crippen molar-refractivity contribution in [2.24, 2.45) is 5.92 Å². The maximum Gasteiger partial charge on any atom is 0.223 e. The summed E-state index contributed by atoms with van der Waals surface area (Å²) in [7, 11) is 1.69. The summed E-state index contributed by atoms with van der Waals surface area (Å²) in [4.78, 5) is 15.3. The number of methoxy groups -OCH3 is 1.